The van der Waals surface area contributed by atoms with Crippen molar-refractivity contribution < 1.29 is 9.47 Å². The fourth-order valence-corrected chi connectivity index (χ4v) is 1.33. The average molecular weight is 238 g/mol. The molecule has 0 saturated heterocycles. The lowest BCUT2D eigenvalue weighted by Gasteiger charge is -2.14. The molecule has 0 bridgehead atoms. The fraction of sp³-hybridized carbons (Fsp3) is 0.538. The van der Waals surface area contributed by atoms with Gasteiger partial charge in [-0.25, -0.2) is 0 Å². The highest BCUT2D eigenvalue weighted by atomic mass is 16.5. The molecule has 1 rings (SSSR count). The van der Waals surface area contributed by atoms with Crippen LogP contribution in [0.15, 0.2) is 18.2 Å². The first-order valence-electron chi connectivity index (χ1n) is 5.96. The number of nitrogens with one attached hydrogen (secondary N) is 1. The molecule has 1 atom stereocenters. The van der Waals surface area contributed by atoms with E-state index in [0.717, 1.165) is 24.4 Å². The molecule has 0 radical (unpaired) electrons. The van der Waals surface area contributed by atoms with E-state index in [4.69, 9.17) is 15.2 Å². The first-order valence-corrected chi connectivity index (χ1v) is 5.96. The van der Waals surface area contributed by atoms with E-state index >= 15 is 0 Å². The molecule has 0 aliphatic rings. The van der Waals surface area contributed by atoms with Crippen molar-refractivity contribution in [3.05, 3.63) is 18.2 Å². The number of nitrogen functional groups attached to an aromatic ring is 1. The molecule has 0 amide bonds. The van der Waals surface area contributed by atoms with Crippen LogP contribution >= 0.6 is 0 Å². The Bertz CT molecular complexity index is 342. The van der Waals surface area contributed by atoms with Crippen LogP contribution in [0.25, 0.3) is 0 Å². The first kappa shape index (κ1) is 13.6. The van der Waals surface area contributed by atoms with Crippen LogP contribution < -0.4 is 15.8 Å². The number of anilines is 2. The Morgan fingerprint density at radius 3 is 2.82 bits per heavy atom. The van der Waals surface area contributed by atoms with Gasteiger partial charge in [-0.15, -0.1) is 0 Å². The van der Waals surface area contributed by atoms with Gasteiger partial charge in [-0.1, -0.05) is 6.92 Å². The highest BCUT2D eigenvalue weighted by Gasteiger charge is 2.03. The fourth-order valence-electron chi connectivity index (χ4n) is 1.33. The molecule has 0 heterocycles. The third-order valence-corrected chi connectivity index (χ3v) is 2.47. The summed E-state index contributed by atoms with van der Waals surface area (Å²) >= 11 is 0. The Morgan fingerprint density at radius 2 is 2.18 bits per heavy atom. The molecular weight excluding hydrogens is 216 g/mol. The summed E-state index contributed by atoms with van der Waals surface area (Å²) in [6, 6.07) is 5.72. The largest absolute Gasteiger partial charge is 0.491 e. The van der Waals surface area contributed by atoms with Gasteiger partial charge in [0.1, 0.15) is 5.75 Å². The Labute approximate surface area is 103 Å². The zero-order chi connectivity index (χ0) is 12.7. The molecule has 0 spiro atoms. The lowest BCUT2D eigenvalue weighted by Crippen LogP contribution is -2.18. The van der Waals surface area contributed by atoms with Crippen LogP contribution in [0.5, 0.6) is 5.75 Å². The normalized spacial score (nSPS) is 12.2. The number of benzene rings is 1. The number of rotatable bonds is 7. The minimum Gasteiger partial charge on any atom is -0.491 e. The molecule has 0 saturated carbocycles. The third-order valence-electron chi connectivity index (χ3n) is 2.47. The van der Waals surface area contributed by atoms with Crippen molar-refractivity contribution in [2.24, 2.45) is 0 Å². The lowest BCUT2D eigenvalue weighted by molar-refractivity contribution is 0.129. The number of hydrogen-bond acceptors (Lipinski definition) is 4. The van der Waals surface area contributed by atoms with Crippen LogP contribution in [0.4, 0.5) is 11.4 Å². The monoisotopic (exact) mass is 238 g/mol. The highest BCUT2D eigenvalue weighted by molar-refractivity contribution is 5.61. The van der Waals surface area contributed by atoms with E-state index < -0.39 is 0 Å². The van der Waals surface area contributed by atoms with E-state index in [1.54, 1.807) is 7.11 Å². The van der Waals surface area contributed by atoms with Crippen molar-refractivity contribution in [1.82, 2.24) is 0 Å². The predicted molar refractivity (Wildman–Crippen MR) is 71.6 cm³/mol. The van der Waals surface area contributed by atoms with Crippen LogP contribution in [0.3, 0.4) is 0 Å². The maximum Gasteiger partial charge on any atom is 0.144 e. The smallest absolute Gasteiger partial charge is 0.144 e. The van der Waals surface area contributed by atoms with Gasteiger partial charge >= 0.3 is 0 Å². The molecular formula is C13H22N2O2. The summed E-state index contributed by atoms with van der Waals surface area (Å²) in [5.74, 6) is 0.738. The molecule has 1 aromatic rings. The van der Waals surface area contributed by atoms with Crippen LogP contribution in [0, 0.1) is 0 Å². The van der Waals surface area contributed by atoms with E-state index in [1.165, 1.54) is 0 Å². The molecule has 0 aromatic heterocycles. The summed E-state index contributed by atoms with van der Waals surface area (Å²) in [7, 11) is 1.70. The quantitative estimate of drug-likeness (QED) is 0.717. The lowest BCUT2D eigenvalue weighted by atomic mass is 10.2. The first-order chi connectivity index (χ1) is 8.17. The highest BCUT2D eigenvalue weighted by Crippen LogP contribution is 2.25. The molecule has 96 valence electrons. The Balaban J connectivity index is 2.61. The van der Waals surface area contributed by atoms with Gasteiger partial charge in [0.25, 0.3) is 0 Å². The molecule has 4 nitrogen and oxygen atoms in total. The second-order valence-electron chi connectivity index (χ2n) is 4.03. The molecule has 1 unspecified atom stereocenters. The van der Waals surface area contributed by atoms with Crippen molar-refractivity contribution in [2.75, 3.05) is 31.3 Å². The van der Waals surface area contributed by atoms with Crippen LogP contribution in [-0.4, -0.2) is 26.4 Å². The van der Waals surface area contributed by atoms with Crippen LogP contribution in [0.2, 0.25) is 0 Å². The molecule has 0 aliphatic heterocycles. The SMILES string of the molecule is CCCOc1cc(NCC(C)OC)ccc1N. The van der Waals surface area contributed by atoms with E-state index in [-0.39, 0.29) is 6.10 Å². The van der Waals surface area contributed by atoms with Gasteiger partial charge in [-0.2, -0.15) is 0 Å². The van der Waals surface area contributed by atoms with Gasteiger partial charge in [0.05, 0.1) is 18.4 Å². The Hall–Kier alpha value is -1.42. The Kier molecular flexibility index (Phi) is 5.63. The van der Waals surface area contributed by atoms with Gasteiger partial charge < -0.3 is 20.5 Å². The summed E-state index contributed by atoms with van der Waals surface area (Å²) in [4.78, 5) is 0. The van der Waals surface area contributed by atoms with Crippen molar-refractivity contribution in [3.63, 3.8) is 0 Å². The number of ether oxygens (including phenoxy) is 2. The third kappa shape index (κ3) is 4.53. The van der Waals surface area contributed by atoms with Gasteiger partial charge in [-0.05, 0) is 25.5 Å². The van der Waals surface area contributed by atoms with Gasteiger partial charge in [0.15, 0.2) is 0 Å². The maximum atomic E-state index is 5.83. The number of methoxy groups -OCH3 is 1. The topological polar surface area (TPSA) is 56.5 Å². The predicted octanol–water partition coefficient (Wildman–Crippen LogP) is 2.50. The minimum absolute atomic E-state index is 0.174. The van der Waals surface area contributed by atoms with Gasteiger partial charge in [0, 0.05) is 25.4 Å². The standard InChI is InChI=1S/C13H22N2O2/c1-4-7-17-13-8-11(5-6-12(13)14)15-9-10(2)16-3/h5-6,8,10,15H,4,7,9,14H2,1-3H3. The van der Waals surface area contributed by atoms with Crippen molar-refractivity contribution in [1.29, 1.82) is 0 Å². The molecule has 1 aromatic carbocycles. The summed E-state index contributed by atoms with van der Waals surface area (Å²) in [6.07, 6.45) is 1.14. The second-order valence-corrected chi connectivity index (χ2v) is 4.03. The zero-order valence-corrected chi connectivity index (χ0v) is 10.8. The van der Waals surface area contributed by atoms with E-state index in [0.29, 0.717) is 12.3 Å². The van der Waals surface area contributed by atoms with Crippen LogP contribution in [-0.2, 0) is 4.74 Å². The summed E-state index contributed by atoms with van der Waals surface area (Å²) in [5, 5.41) is 3.28. The average Bonchev–Trinajstić information content (AvgIpc) is 2.35. The summed E-state index contributed by atoms with van der Waals surface area (Å²) < 4.78 is 10.7. The van der Waals surface area contributed by atoms with Crippen molar-refractivity contribution in [3.8, 4) is 5.75 Å². The molecule has 0 aliphatic carbocycles. The van der Waals surface area contributed by atoms with Crippen LogP contribution in [0.1, 0.15) is 20.3 Å². The molecule has 17 heavy (non-hydrogen) atoms. The van der Waals surface area contributed by atoms with Crippen molar-refractivity contribution in [2.45, 2.75) is 26.4 Å². The van der Waals surface area contributed by atoms with E-state index in [1.807, 2.05) is 25.1 Å². The summed E-state index contributed by atoms with van der Waals surface area (Å²) in [5.41, 5.74) is 7.50. The molecule has 3 N–H and O–H groups in total. The van der Waals surface area contributed by atoms with E-state index in [9.17, 15) is 0 Å². The number of nitrogens with two attached hydrogens (primary N) is 1. The van der Waals surface area contributed by atoms with Gasteiger partial charge in [0.2, 0.25) is 0 Å². The van der Waals surface area contributed by atoms with E-state index in [2.05, 4.69) is 12.2 Å². The Morgan fingerprint density at radius 1 is 1.41 bits per heavy atom. The summed E-state index contributed by atoms with van der Waals surface area (Å²) in [6.45, 7) is 5.52. The van der Waals surface area contributed by atoms with Gasteiger partial charge in [-0.3, -0.25) is 0 Å². The zero-order valence-electron chi connectivity index (χ0n) is 10.8. The van der Waals surface area contributed by atoms with Crippen molar-refractivity contribution >= 4 is 11.4 Å². The second kappa shape index (κ2) is 7.01. The number of hydrogen-bond donors (Lipinski definition) is 2. The molecule has 0 fully saturated rings. The molecule has 4 heteroatoms. The maximum absolute atomic E-state index is 5.83. The minimum atomic E-state index is 0.174.